The van der Waals surface area contributed by atoms with Crippen molar-refractivity contribution in [3.8, 4) is 5.75 Å². The zero-order valence-electron chi connectivity index (χ0n) is 11.0. The van der Waals surface area contributed by atoms with E-state index in [9.17, 15) is 4.79 Å². The van der Waals surface area contributed by atoms with Crippen molar-refractivity contribution in [2.75, 3.05) is 7.11 Å². The molecule has 0 saturated heterocycles. The molecular formula is C16H17NO2. The Kier molecular flexibility index (Phi) is 3.11. The molecule has 1 fully saturated rings. The summed E-state index contributed by atoms with van der Waals surface area (Å²) < 4.78 is 7.37. The molecule has 0 atom stereocenters. The van der Waals surface area contributed by atoms with Crippen LogP contribution in [0.2, 0.25) is 0 Å². The van der Waals surface area contributed by atoms with E-state index in [0.717, 1.165) is 36.3 Å². The molecule has 1 aliphatic carbocycles. The van der Waals surface area contributed by atoms with Gasteiger partial charge in [-0.15, -0.1) is 0 Å². The number of para-hydroxylation sites is 1. The van der Waals surface area contributed by atoms with Crippen LogP contribution in [-0.4, -0.2) is 17.5 Å². The van der Waals surface area contributed by atoms with Gasteiger partial charge in [0, 0.05) is 29.4 Å². The Bertz CT molecular complexity index is 596. The average molecular weight is 255 g/mol. The number of hydrogen-bond acceptors (Lipinski definition) is 2. The van der Waals surface area contributed by atoms with Gasteiger partial charge in [-0.3, -0.25) is 4.79 Å². The Morgan fingerprint density at radius 1 is 1.32 bits per heavy atom. The largest absolute Gasteiger partial charge is 0.496 e. The van der Waals surface area contributed by atoms with E-state index in [4.69, 9.17) is 4.74 Å². The molecule has 0 amide bonds. The normalized spacial score (nSPS) is 14.4. The highest BCUT2D eigenvalue weighted by Crippen LogP contribution is 2.32. The third-order valence-electron chi connectivity index (χ3n) is 3.53. The fourth-order valence-corrected chi connectivity index (χ4v) is 2.30. The van der Waals surface area contributed by atoms with Crippen molar-refractivity contribution in [1.82, 2.24) is 4.57 Å². The Morgan fingerprint density at radius 2 is 2.11 bits per heavy atom. The summed E-state index contributed by atoms with van der Waals surface area (Å²) in [5.74, 6) is 1.45. The molecule has 19 heavy (non-hydrogen) atoms. The van der Waals surface area contributed by atoms with Crippen molar-refractivity contribution in [2.45, 2.75) is 19.4 Å². The number of ether oxygens (including phenoxy) is 1. The maximum Gasteiger partial charge on any atom is 0.167 e. The van der Waals surface area contributed by atoms with Crippen molar-refractivity contribution < 1.29 is 9.53 Å². The van der Waals surface area contributed by atoms with Crippen LogP contribution in [0.25, 0.3) is 0 Å². The molecule has 2 aromatic rings. The minimum Gasteiger partial charge on any atom is -0.496 e. The Balaban J connectivity index is 1.78. The average Bonchev–Trinajstić information content (AvgIpc) is 3.19. The number of carbonyl (C=O) groups excluding carboxylic acids is 1. The van der Waals surface area contributed by atoms with E-state index in [-0.39, 0.29) is 5.92 Å². The summed E-state index contributed by atoms with van der Waals surface area (Å²) in [6.45, 7) is 0.724. The van der Waals surface area contributed by atoms with E-state index >= 15 is 0 Å². The number of nitrogens with zero attached hydrogens (tertiary/aromatic N) is 1. The van der Waals surface area contributed by atoms with Crippen LogP contribution in [0.4, 0.5) is 0 Å². The Morgan fingerprint density at radius 3 is 2.84 bits per heavy atom. The molecule has 98 valence electrons. The van der Waals surface area contributed by atoms with E-state index in [1.165, 1.54) is 0 Å². The third-order valence-corrected chi connectivity index (χ3v) is 3.53. The smallest absolute Gasteiger partial charge is 0.167 e. The van der Waals surface area contributed by atoms with Gasteiger partial charge in [-0.1, -0.05) is 18.2 Å². The number of rotatable bonds is 5. The zero-order valence-corrected chi connectivity index (χ0v) is 11.0. The molecule has 0 spiro atoms. The van der Waals surface area contributed by atoms with Gasteiger partial charge >= 0.3 is 0 Å². The first-order chi connectivity index (χ1) is 9.28. The summed E-state index contributed by atoms with van der Waals surface area (Å²) >= 11 is 0. The van der Waals surface area contributed by atoms with Crippen LogP contribution < -0.4 is 4.74 Å². The molecule has 3 rings (SSSR count). The van der Waals surface area contributed by atoms with E-state index in [1.807, 2.05) is 47.3 Å². The predicted octanol–water partition coefficient (Wildman–Crippen LogP) is 3.14. The lowest BCUT2D eigenvalue weighted by Crippen LogP contribution is -2.01. The molecule has 0 aliphatic heterocycles. The number of carbonyl (C=O) groups is 1. The van der Waals surface area contributed by atoms with Gasteiger partial charge in [0.25, 0.3) is 0 Å². The van der Waals surface area contributed by atoms with Gasteiger partial charge in [0.05, 0.1) is 13.7 Å². The second-order valence-corrected chi connectivity index (χ2v) is 5.02. The van der Waals surface area contributed by atoms with Crippen LogP contribution in [-0.2, 0) is 6.54 Å². The summed E-state index contributed by atoms with van der Waals surface area (Å²) in [4.78, 5) is 12.0. The lowest BCUT2D eigenvalue weighted by molar-refractivity contribution is 0.0967. The van der Waals surface area contributed by atoms with Gasteiger partial charge in [-0.25, -0.2) is 0 Å². The van der Waals surface area contributed by atoms with Crippen molar-refractivity contribution in [3.63, 3.8) is 0 Å². The second kappa shape index (κ2) is 4.92. The molecule has 1 aromatic heterocycles. The quantitative estimate of drug-likeness (QED) is 0.769. The van der Waals surface area contributed by atoms with Gasteiger partial charge in [0.1, 0.15) is 5.75 Å². The van der Waals surface area contributed by atoms with Gasteiger partial charge < -0.3 is 9.30 Å². The lowest BCUT2D eigenvalue weighted by atomic mass is 10.1. The summed E-state index contributed by atoms with van der Waals surface area (Å²) in [6, 6.07) is 9.87. The molecule has 1 saturated carbocycles. The minimum absolute atomic E-state index is 0.280. The topological polar surface area (TPSA) is 31.2 Å². The molecule has 0 N–H and O–H groups in total. The van der Waals surface area contributed by atoms with Crippen LogP contribution in [0.3, 0.4) is 0 Å². The zero-order chi connectivity index (χ0) is 13.2. The lowest BCUT2D eigenvalue weighted by Gasteiger charge is -2.08. The van der Waals surface area contributed by atoms with Gasteiger partial charge in [-0.2, -0.15) is 0 Å². The summed E-state index contributed by atoms with van der Waals surface area (Å²) in [5.41, 5.74) is 1.95. The monoisotopic (exact) mass is 255 g/mol. The fourth-order valence-electron chi connectivity index (χ4n) is 2.30. The minimum atomic E-state index is 0.280. The SMILES string of the molecule is COc1ccccc1Cn1ccc(C(=O)C2CC2)c1. The molecule has 3 heteroatoms. The third kappa shape index (κ3) is 2.55. The Hall–Kier alpha value is -2.03. The second-order valence-electron chi connectivity index (χ2n) is 5.02. The van der Waals surface area contributed by atoms with E-state index in [0.29, 0.717) is 5.78 Å². The molecule has 1 aromatic carbocycles. The van der Waals surface area contributed by atoms with Crippen molar-refractivity contribution in [2.24, 2.45) is 5.92 Å². The maximum absolute atomic E-state index is 12.0. The fraction of sp³-hybridized carbons (Fsp3) is 0.312. The first-order valence-corrected chi connectivity index (χ1v) is 6.60. The predicted molar refractivity (Wildman–Crippen MR) is 73.6 cm³/mol. The summed E-state index contributed by atoms with van der Waals surface area (Å²) in [7, 11) is 1.68. The first-order valence-electron chi connectivity index (χ1n) is 6.60. The number of hydrogen-bond donors (Lipinski definition) is 0. The summed E-state index contributed by atoms with van der Waals surface area (Å²) in [6.07, 6.45) is 6.00. The standard InChI is InChI=1S/C16H17NO2/c1-19-15-5-3-2-4-13(15)10-17-9-8-14(11-17)16(18)12-6-7-12/h2-5,8-9,11-12H,6-7,10H2,1H3. The van der Waals surface area contributed by atoms with E-state index < -0.39 is 0 Å². The molecule has 1 aliphatic rings. The molecule has 0 radical (unpaired) electrons. The number of Topliss-reactive ketones (excluding diaryl/α,β-unsaturated/α-hetero) is 1. The van der Waals surface area contributed by atoms with Crippen molar-refractivity contribution in [1.29, 1.82) is 0 Å². The highest BCUT2D eigenvalue weighted by Gasteiger charge is 2.30. The van der Waals surface area contributed by atoms with Crippen LogP contribution in [0.15, 0.2) is 42.7 Å². The number of benzene rings is 1. The summed E-state index contributed by atoms with van der Waals surface area (Å²) in [5, 5.41) is 0. The van der Waals surface area contributed by atoms with Crippen molar-refractivity contribution >= 4 is 5.78 Å². The molecular weight excluding hydrogens is 238 g/mol. The highest BCUT2D eigenvalue weighted by molar-refractivity contribution is 5.99. The number of aromatic nitrogens is 1. The Labute approximate surface area is 112 Å². The number of ketones is 1. The van der Waals surface area contributed by atoms with Crippen LogP contribution in [0, 0.1) is 5.92 Å². The van der Waals surface area contributed by atoms with Crippen molar-refractivity contribution in [3.05, 3.63) is 53.9 Å². The van der Waals surface area contributed by atoms with Crippen LogP contribution in [0.5, 0.6) is 5.75 Å². The van der Waals surface area contributed by atoms with E-state index in [1.54, 1.807) is 7.11 Å². The van der Waals surface area contributed by atoms with Gasteiger partial charge in [0.15, 0.2) is 5.78 Å². The molecule has 1 heterocycles. The number of methoxy groups -OCH3 is 1. The molecule has 0 bridgehead atoms. The van der Waals surface area contributed by atoms with Crippen LogP contribution >= 0.6 is 0 Å². The van der Waals surface area contributed by atoms with Gasteiger partial charge in [-0.05, 0) is 25.0 Å². The molecule has 0 unspecified atom stereocenters. The first kappa shape index (κ1) is 12.0. The van der Waals surface area contributed by atoms with Crippen LogP contribution in [0.1, 0.15) is 28.8 Å². The molecule has 3 nitrogen and oxygen atoms in total. The maximum atomic E-state index is 12.0. The van der Waals surface area contributed by atoms with Gasteiger partial charge in [0.2, 0.25) is 0 Å². The van der Waals surface area contributed by atoms with E-state index in [2.05, 4.69) is 0 Å². The highest BCUT2D eigenvalue weighted by atomic mass is 16.5.